The van der Waals surface area contributed by atoms with Crippen molar-refractivity contribution >= 4 is 0 Å². The third kappa shape index (κ3) is 3.25. The van der Waals surface area contributed by atoms with E-state index < -0.39 is 0 Å². The smallest absolute Gasteiger partial charge is 0.0596 e. The molecule has 0 bridgehead atoms. The average Bonchev–Trinajstić information content (AvgIpc) is 2.79. The summed E-state index contributed by atoms with van der Waals surface area (Å²) in [7, 11) is 0. The van der Waals surface area contributed by atoms with Gasteiger partial charge in [-0.1, -0.05) is 6.92 Å². The van der Waals surface area contributed by atoms with Gasteiger partial charge < -0.3 is 5.32 Å². The molecule has 2 heterocycles. The van der Waals surface area contributed by atoms with Gasteiger partial charge in [-0.05, 0) is 50.6 Å². The van der Waals surface area contributed by atoms with Crippen LogP contribution < -0.4 is 5.32 Å². The Kier molecular flexibility index (Phi) is 4.90. The highest BCUT2D eigenvalue weighted by molar-refractivity contribution is 5.27. The van der Waals surface area contributed by atoms with Crippen LogP contribution in [0.25, 0.3) is 0 Å². The standard InChI is InChI=1S/C16H24N4/c1-5-18-16(15-7-8-17-11-12(15)3)10-14-9-13(4)19-20(14)6-2/h7-9,11,16,18H,5-6,10H2,1-4H3. The number of hydrogen-bond acceptors (Lipinski definition) is 3. The van der Waals surface area contributed by atoms with E-state index in [-0.39, 0.29) is 0 Å². The van der Waals surface area contributed by atoms with Crippen LogP contribution in [0.1, 0.15) is 42.4 Å². The lowest BCUT2D eigenvalue weighted by molar-refractivity contribution is 0.514. The lowest BCUT2D eigenvalue weighted by Crippen LogP contribution is -2.25. The summed E-state index contributed by atoms with van der Waals surface area (Å²) >= 11 is 0. The molecule has 0 fully saturated rings. The van der Waals surface area contributed by atoms with Gasteiger partial charge in [-0.25, -0.2) is 0 Å². The topological polar surface area (TPSA) is 42.7 Å². The van der Waals surface area contributed by atoms with Crippen LogP contribution in [0, 0.1) is 13.8 Å². The highest BCUT2D eigenvalue weighted by atomic mass is 15.3. The average molecular weight is 272 g/mol. The van der Waals surface area contributed by atoms with E-state index in [0.29, 0.717) is 6.04 Å². The van der Waals surface area contributed by atoms with Crippen LogP contribution in [-0.2, 0) is 13.0 Å². The molecule has 0 aliphatic rings. The van der Waals surface area contributed by atoms with E-state index in [0.717, 1.165) is 25.2 Å². The highest BCUT2D eigenvalue weighted by Crippen LogP contribution is 2.21. The minimum atomic E-state index is 0.310. The van der Waals surface area contributed by atoms with Crippen LogP contribution >= 0.6 is 0 Å². The maximum Gasteiger partial charge on any atom is 0.0596 e. The van der Waals surface area contributed by atoms with Gasteiger partial charge in [-0.3, -0.25) is 9.67 Å². The molecular formula is C16H24N4. The second-order valence-electron chi connectivity index (χ2n) is 5.14. The fourth-order valence-electron chi connectivity index (χ4n) is 2.66. The lowest BCUT2D eigenvalue weighted by Gasteiger charge is -2.20. The predicted molar refractivity (Wildman–Crippen MR) is 81.7 cm³/mol. The number of nitrogens with one attached hydrogen (secondary N) is 1. The number of pyridine rings is 1. The van der Waals surface area contributed by atoms with Gasteiger partial charge in [0.1, 0.15) is 0 Å². The van der Waals surface area contributed by atoms with Gasteiger partial charge >= 0.3 is 0 Å². The SMILES string of the molecule is CCNC(Cc1cc(C)nn1CC)c1ccncc1C. The minimum absolute atomic E-state index is 0.310. The molecule has 0 saturated heterocycles. The third-order valence-corrected chi connectivity index (χ3v) is 3.59. The van der Waals surface area contributed by atoms with Crippen LogP contribution in [0.15, 0.2) is 24.5 Å². The van der Waals surface area contributed by atoms with Gasteiger partial charge in [0.2, 0.25) is 0 Å². The minimum Gasteiger partial charge on any atom is -0.310 e. The summed E-state index contributed by atoms with van der Waals surface area (Å²) in [6.45, 7) is 10.3. The molecule has 1 atom stereocenters. The molecule has 0 saturated carbocycles. The van der Waals surface area contributed by atoms with Crippen molar-refractivity contribution in [3.63, 3.8) is 0 Å². The first-order valence-electron chi connectivity index (χ1n) is 7.32. The molecule has 0 amide bonds. The maximum atomic E-state index is 4.53. The Labute approximate surface area is 121 Å². The number of aryl methyl sites for hydroxylation is 3. The van der Waals surface area contributed by atoms with Crippen LogP contribution in [0.5, 0.6) is 0 Å². The van der Waals surface area contributed by atoms with Gasteiger partial charge in [0, 0.05) is 37.1 Å². The molecule has 0 spiro atoms. The zero-order valence-electron chi connectivity index (χ0n) is 12.8. The summed E-state index contributed by atoms with van der Waals surface area (Å²) in [5.74, 6) is 0. The molecule has 2 rings (SSSR count). The summed E-state index contributed by atoms with van der Waals surface area (Å²) in [4.78, 5) is 4.19. The molecule has 4 nitrogen and oxygen atoms in total. The Morgan fingerprint density at radius 2 is 2.10 bits per heavy atom. The van der Waals surface area contributed by atoms with Gasteiger partial charge in [0.05, 0.1) is 5.69 Å². The Morgan fingerprint density at radius 3 is 2.75 bits per heavy atom. The number of rotatable bonds is 6. The molecule has 1 N–H and O–H groups in total. The summed E-state index contributed by atoms with van der Waals surface area (Å²) in [5, 5.41) is 8.11. The van der Waals surface area contributed by atoms with Crippen LogP contribution in [0.4, 0.5) is 0 Å². The first-order chi connectivity index (χ1) is 9.65. The number of aromatic nitrogens is 3. The lowest BCUT2D eigenvalue weighted by atomic mass is 9.99. The van der Waals surface area contributed by atoms with Crippen molar-refractivity contribution in [3.8, 4) is 0 Å². The molecule has 2 aromatic heterocycles. The van der Waals surface area contributed by atoms with Crippen LogP contribution in [-0.4, -0.2) is 21.3 Å². The second kappa shape index (κ2) is 6.66. The van der Waals surface area contributed by atoms with E-state index in [1.54, 1.807) is 0 Å². The van der Waals surface area contributed by atoms with Crippen molar-refractivity contribution in [2.75, 3.05) is 6.54 Å². The maximum absolute atomic E-state index is 4.53. The molecular weight excluding hydrogens is 248 g/mol. The Bertz CT molecular complexity index is 559. The number of likely N-dealkylation sites (N-methyl/N-ethyl adjacent to an activating group) is 1. The van der Waals surface area contributed by atoms with Crippen molar-refractivity contribution in [1.82, 2.24) is 20.1 Å². The van der Waals surface area contributed by atoms with E-state index in [1.165, 1.54) is 16.8 Å². The van der Waals surface area contributed by atoms with Crippen LogP contribution in [0.3, 0.4) is 0 Å². The summed E-state index contributed by atoms with van der Waals surface area (Å²) in [6, 6.07) is 4.61. The zero-order chi connectivity index (χ0) is 14.5. The quantitative estimate of drug-likeness (QED) is 0.879. The fraction of sp³-hybridized carbons (Fsp3) is 0.500. The molecule has 0 radical (unpaired) electrons. The Hall–Kier alpha value is -1.68. The predicted octanol–water partition coefficient (Wildman–Crippen LogP) is 2.81. The second-order valence-corrected chi connectivity index (χ2v) is 5.14. The molecule has 2 aromatic rings. The van der Waals surface area contributed by atoms with Gasteiger partial charge in [0.25, 0.3) is 0 Å². The Morgan fingerprint density at radius 1 is 1.30 bits per heavy atom. The first kappa shape index (κ1) is 14.7. The van der Waals surface area contributed by atoms with E-state index in [2.05, 4.69) is 59.9 Å². The fourth-order valence-corrected chi connectivity index (χ4v) is 2.66. The van der Waals surface area contributed by atoms with Gasteiger partial charge in [-0.15, -0.1) is 0 Å². The highest BCUT2D eigenvalue weighted by Gasteiger charge is 2.16. The monoisotopic (exact) mass is 272 g/mol. The van der Waals surface area contributed by atoms with Crippen molar-refractivity contribution in [2.45, 2.75) is 46.7 Å². The van der Waals surface area contributed by atoms with Gasteiger partial charge in [-0.2, -0.15) is 5.10 Å². The summed E-state index contributed by atoms with van der Waals surface area (Å²) in [6.07, 6.45) is 4.75. The third-order valence-electron chi connectivity index (χ3n) is 3.59. The summed E-state index contributed by atoms with van der Waals surface area (Å²) in [5.41, 5.74) is 4.93. The van der Waals surface area contributed by atoms with E-state index >= 15 is 0 Å². The van der Waals surface area contributed by atoms with Crippen molar-refractivity contribution in [3.05, 3.63) is 47.0 Å². The van der Waals surface area contributed by atoms with E-state index in [1.807, 2.05) is 12.4 Å². The largest absolute Gasteiger partial charge is 0.310 e. The van der Waals surface area contributed by atoms with Gasteiger partial charge in [0.15, 0.2) is 0 Å². The van der Waals surface area contributed by atoms with E-state index in [4.69, 9.17) is 0 Å². The molecule has 1 unspecified atom stereocenters. The molecule has 0 aliphatic carbocycles. The first-order valence-corrected chi connectivity index (χ1v) is 7.32. The van der Waals surface area contributed by atoms with Crippen molar-refractivity contribution in [1.29, 1.82) is 0 Å². The molecule has 0 aromatic carbocycles. The van der Waals surface area contributed by atoms with Crippen LogP contribution in [0.2, 0.25) is 0 Å². The normalized spacial score (nSPS) is 12.6. The molecule has 4 heteroatoms. The van der Waals surface area contributed by atoms with Crippen molar-refractivity contribution in [2.24, 2.45) is 0 Å². The van der Waals surface area contributed by atoms with Crippen molar-refractivity contribution < 1.29 is 0 Å². The number of nitrogens with zero attached hydrogens (tertiary/aromatic N) is 3. The Balaban J connectivity index is 2.28. The zero-order valence-corrected chi connectivity index (χ0v) is 12.8. The molecule has 108 valence electrons. The number of hydrogen-bond donors (Lipinski definition) is 1. The molecule has 20 heavy (non-hydrogen) atoms. The summed E-state index contributed by atoms with van der Waals surface area (Å²) < 4.78 is 2.09. The molecule has 0 aliphatic heterocycles. The van der Waals surface area contributed by atoms with E-state index in [9.17, 15) is 0 Å².